The van der Waals surface area contributed by atoms with E-state index in [9.17, 15) is 9.90 Å². The number of benzene rings is 1. The Morgan fingerprint density at radius 1 is 1.50 bits per heavy atom. The van der Waals surface area contributed by atoms with E-state index in [0.29, 0.717) is 17.7 Å². The molecule has 0 aliphatic carbocycles. The summed E-state index contributed by atoms with van der Waals surface area (Å²) in [6, 6.07) is 4.71. The third-order valence-corrected chi connectivity index (χ3v) is 2.09. The molecule has 0 heterocycles. The van der Waals surface area contributed by atoms with E-state index in [1.165, 1.54) is 12.3 Å². The van der Waals surface area contributed by atoms with Crippen LogP contribution in [0.3, 0.4) is 0 Å². The first kappa shape index (κ1) is 12.3. The van der Waals surface area contributed by atoms with E-state index in [1.54, 1.807) is 18.2 Å². The second-order valence-electron chi connectivity index (χ2n) is 3.44. The van der Waals surface area contributed by atoms with E-state index in [-0.39, 0.29) is 11.5 Å². The highest BCUT2D eigenvalue weighted by molar-refractivity contribution is 5.98. The number of Topliss-reactive ketones (excluding diaryl/α,β-unsaturated/α-hetero) is 1. The zero-order valence-electron chi connectivity index (χ0n) is 9.56. The zero-order chi connectivity index (χ0) is 12.0. The van der Waals surface area contributed by atoms with Gasteiger partial charge < -0.3 is 9.84 Å². The van der Waals surface area contributed by atoms with Crippen LogP contribution in [0.15, 0.2) is 30.5 Å². The molecule has 0 bridgehead atoms. The van der Waals surface area contributed by atoms with Gasteiger partial charge >= 0.3 is 0 Å². The summed E-state index contributed by atoms with van der Waals surface area (Å²) in [5.74, 6) is 0.446. The van der Waals surface area contributed by atoms with Gasteiger partial charge in [-0.25, -0.2) is 0 Å². The van der Waals surface area contributed by atoms with E-state index in [2.05, 4.69) is 0 Å². The van der Waals surface area contributed by atoms with Gasteiger partial charge in [0.1, 0.15) is 11.5 Å². The van der Waals surface area contributed by atoms with Gasteiger partial charge in [-0.15, -0.1) is 0 Å². The third kappa shape index (κ3) is 3.12. The van der Waals surface area contributed by atoms with Gasteiger partial charge in [0.05, 0.1) is 11.8 Å². The minimum absolute atomic E-state index is 0.0274. The number of rotatable bonds is 5. The van der Waals surface area contributed by atoms with Crippen LogP contribution in [-0.2, 0) is 0 Å². The molecule has 3 nitrogen and oxygen atoms in total. The lowest BCUT2D eigenvalue weighted by atomic mass is 10.1. The van der Waals surface area contributed by atoms with Crippen molar-refractivity contribution >= 4 is 5.78 Å². The second kappa shape index (κ2) is 5.95. The van der Waals surface area contributed by atoms with Crippen molar-refractivity contribution in [2.24, 2.45) is 0 Å². The molecule has 0 spiro atoms. The average molecular weight is 220 g/mol. The Labute approximate surface area is 95.4 Å². The van der Waals surface area contributed by atoms with Gasteiger partial charge in [-0.2, -0.15) is 0 Å². The summed E-state index contributed by atoms with van der Waals surface area (Å²) in [4.78, 5) is 11.6. The number of phenolic OH excluding ortho intramolecular Hbond substituents is 1. The fourth-order valence-corrected chi connectivity index (χ4v) is 1.33. The third-order valence-electron chi connectivity index (χ3n) is 2.09. The Balaban J connectivity index is 2.86. The number of phenols is 1. The molecular formula is C13H16O3. The van der Waals surface area contributed by atoms with Gasteiger partial charge in [0.25, 0.3) is 0 Å². The van der Waals surface area contributed by atoms with Gasteiger partial charge in [0.2, 0.25) is 0 Å². The Bertz CT molecular complexity index is 394. The quantitative estimate of drug-likeness (QED) is 0.611. The Morgan fingerprint density at radius 3 is 2.81 bits per heavy atom. The second-order valence-corrected chi connectivity index (χ2v) is 3.44. The molecule has 0 amide bonds. The molecular weight excluding hydrogens is 204 g/mol. The van der Waals surface area contributed by atoms with Crippen molar-refractivity contribution in [1.29, 1.82) is 0 Å². The molecule has 0 atom stereocenters. The molecule has 0 aliphatic rings. The van der Waals surface area contributed by atoms with Crippen molar-refractivity contribution in [2.75, 3.05) is 0 Å². The van der Waals surface area contributed by atoms with Crippen LogP contribution < -0.4 is 4.74 Å². The summed E-state index contributed by atoms with van der Waals surface area (Å²) in [5, 5.41) is 9.66. The first-order valence-electron chi connectivity index (χ1n) is 5.33. The lowest BCUT2D eigenvalue weighted by Gasteiger charge is -2.05. The standard InChI is InChI=1S/C13H16O3/c1-3-5-12(14)11-7-6-10(9-13(11)15)16-8-4-2/h4,6-9,15H,3,5H2,1-2H3/b8-4+. The molecule has 86 valence electrons. The minimum atomic E-state index is -0.0439. The molecule has 3 heteroatoms. The van der Waals surface area contributed by atoms with E-state index in [1.807, 2.05) is 13.8 Å². The van der Waals surface area contributed by atoms with Crippen LogP contribution in [0.2, 0.25) is 0 Å². The Morgan fingerprint density at radius 2 is 2.25 bits per heavy atom. The van der Waals surface area contributed by atoms with E-state index < -0.39 is 0 Å². The average Bonchev–Trinajstić information content (AvgIpc) is 2.26. The summed E-state index contributed by atoms with van der Waals surface area (Å²) < 4.78 is 5.18. The van der Waals surface area contributed by atoms with Gasteiger partial charge in [0, 0.05) is 12.5 Å². The summed E-state index contributed by atoms with van der Waals surface area (Å²) in [6.07, 6.45) is 4.48. The molecule has 0 aliphatic heterocycles. The van der Waals surface area contributed by atoms with E-state index >= 15 is 0 Å². The minimum Gasteiger partial charge on any atom is -0.507 e. The molecule has 1 aromatic carbocycles. The predicted octanol–water partition coefficient (Wildman–Crippen LogP) is 3.29. The monoisotopic (exact) mass is 220 g/mol. The molecule has 0 radical (unpaired) electrons. The lowest BCUT2D eigenvalue weighted by Crippen LogP contribution is -1.98. The molecule has 0 aromatic heterocycles. The number of carbonyl (C=O) groups excluding carboxylic acids is 1. The highest BCUT2D eigenvalue weighted by Gasteiger charge is 2.10. The topological polar surface area (TPSA) is 46.5 Å². The summed E-state index contributed by atoms with van der Waals surface area (Å²) in [7, 11) is 0. The molecule has 1 aromatic rings. The molecule has 0 saturated carbocycles. The fraction of sp³-hybridized carbons (Fsp3) is 0.308. The molecule has 0 fully saturated rings. The largest absolute Gasteiger partial charge is 0.507 e. The summed E-state index contributed by atoms with van der Waals surface area (Å²) >= 11 is 0. The zero-order valence-corrected chi connectivity index (χ0v) is 9.56. The Kier molecular flexibility index (Phi) is 4.58. The predicted molar refractivity (Wildman–Crippen MR) is 62.8 cm³/mol. The number of aromatic hydroxyl groups is 1. The number of carbonyl (C=O) groups is 1. The van der Waals surface area contributed by atoms with Crippen molar-refractivity contribution in [3.8, 4) is 11.5 Å². The number of ether oxygens (including phenoxy) is 1. The number of hydrogen-bond acceptors (Lipinski definition) is 3. The van der Waals surface area contributed by atoms with Gasteiger partial charge in [0.15, 0.2) is 5.78 Å². The molecule has 1 rings (SSSR count). The van der Waals surface area contributed by atoms with Gasteiger partial charge in [-0.3, -0.25) is 4.79 Å². The highest BCUT2D eigenvalue weighted by atomic mass is 16.5. The first-order chi connectivity index (χ1) is 7.69. The van der Waals surface area contributed by atoms with E-state index in [0.717, 1.165) is 6.42 Å². The highest BCUT2D eigenvalue weighted by Crippen LogP contribution is 2.25. The maximum absolute atomic E-state index is 11.6. The SMILES string of the molecule is C/C=C/Oc1ccc(C(=O)CCC)c(O)c1. The molecule has 1 N–H and O–H groups in total. The van der Waals surface area contributed by atoms with Crippen LogP contribution in [0.5, 0.6) is 11.5 Å². The van der Waals surface area contributed by atoms with Gasteiger partial charge in [-0.1, -0.05) is 13.0 Å². The van der Waals surface area contributed by atoms with Crippen LogP contribution in [0.1, 0.15) is 37.0 Å². The summed E-state index contributed by atoms with van der Waals surface area (Å²) in [5.41, 5.74) is 0.356. The Hall–Kier alpha value is -1.77. The van der Waals surface area contributed by atoms with Crippen LogP contribution >= 0.6 is 0 Å². The number of hydrogen-bond donors (Lipinski definition) is 1. The number of ketones is 1. The van der Waals surface area contributed by atoms with Crippen molar-refractivity contribution in [3.05, 3.63) is 36.1 Å². The van der Waals surface area contributed by atoms with Gasteiger partial charge in [-0.05, 0) is 25.5 Å². The van der Waals surface area contributed by atoms with Crippen molar-refractivity contribution in [1.82, 2.24) is 0 Å². The van der Waals surface area contributed by atoms with Crippen molar-refractivity contribution in [3.63, 3.8) is 0 Å². The molecule has 0 saturated heterocycles. The molecule has 16 heavy (non-hydrogen) atoms. The smallest absolute Gasteiger partial charge is 0.166 e. The van der Waals surface area contributed by atoms with Crippen LogP contribution in [-0.4, -0.2) is 10.9 Å². The van der Waals surface area contributed by atoms with Crippen LogP contribution in [0.4, 0.5) is 0 Å². The summed E-state index contributed by atoms with van der Waals surface area (Å²) in [6.45, 7) is 3.76. The normalized spacial score (nSPS) is 10.6. The maximum atomic E-state index is 11.6. The lowest BCUT2D eigenvalue weighted by molar-refractivity contribution is 0.0979. The van der Waals surface area contributed by atoms with E-state index in [4.69, 9.17) is 4.74 Å². The molecule has 0 unspecified atom stereocenters. The maximum Gasteiger partial charge on any atom is 0.166 e. The van der Waals surface area contributed by atoms with Crippen molar-refractivity contribution < 1.29 is 14.6 Å². The number of allylic oxidation sites excluding steroid dienone is 1. The van der Waals surface area contributed by atoms with Crippen LogP contribution in [0.25, 0.3) is 0 Å². The van der Waals surface area contributed by atoms with Crippen molar-refractivity contribution in [2.45, 2.75) is 26.7 Å². The van der Waals surface area contributed by atoms with Crippen LogP contribution in [0, 0.1) is 0 Å². The fourth-order valence-electron chi connectivity index (χ4n) is 1.33. The first-order valence-corrected chi connectivity index (χ1v) is 5.33.